The van der Waals surface area contributed by atoms with E-state index in [4.69, 9.17) is 11.6 Å². The van der Waals surface area contributed by atoms with Crippen molar-refractivity contribution in [1.29, 1.82) is 0 Å². The monoisotopic (exact) mass is 314 g/mol. The molecule has 1 aliphatic rings. The lowest BCUT2D eigenvalue weighted by molar-refractivity contribution is -0.127. The summed E-state index contributed by atoms with van der Waals surface area (Å²) in [5, 5.41) is 3.33. The zero-order chi connectivity index (χ0) is 15.5. The molecule has 4 nitrogen and oxygen atoms in total. The molecule has 3 rings (SSSR count). The topological polar surface area (TPSA) is 49.4 Å². The van der Waals surface area contributed by atoms with Gasteiger partial charge in [-0.25, -0.2) is 4.79 Å². The largest absolute Gasteiger partial charge is 0.325 e. The Morgan fingerprint density at radius 3 is 2.45 bits per heavy atom. The lowest BCUT2D eigenvalue weighted by Gasteiger charge is -2.13. The number of carbonyl (C=O) groups is 2. The second-order valence-corrected chi connectivity index (χ2v) is 5.68. The van der Waals surface area contributed by atoms with Crippen molar-refractivity contribution in [2.45, 2.75) is 19.0 Å². The van der Waals surface area contributed by atoms with Gasteiger partial charge in [0, 0.05) is 11.4 Å². The summed E-state index contributed by atoms with van der Waals surface area (Å²) in [5.41, 5.74) is 1.85. The molecule has 0 saturated carbocycles. The Balaban J connectivity index is 1.71. The van der Waals surface area contributed by atoms with E-state index in [2.05, 4.69) is 5.32 Å². The molecule has 1 saturated heterocycles. The molecule has 3 amide bonds. The number of imide groups is 1. The Hall–Kier alpha value is -2.33. The number of rotatable bonds is 4. The third-order valence-electron chi connectivity index (χ3n) is 3.62. The second-order valence-electron chi connectivity index (χ2n) is 5.25. The van der Waals surface area contributed by atoms with E-state index in [0.29, 0.717) is 11.4 Å². The maximum atomic E-state index is 12.4. The third kappa shape index (κ3) is 3.12. The molecule has 0 radical (unpaired) electrons. The average molecular weight is 315 g/mol. The molecule has 1 fully saturated rings. The fourth-order valence-corrected chi connectivity index (χ4v) is 2.75. The Morgan fingerprint density at radius 2 is 1.73 bits per heavy atom. The summed E-state index contributed by atoms with van der Waals surface area (Å²) >= 11 is 5.94. The number of carbonyl (C=O) groups excluding carboxylic acids is 2. The molecular weight excluding hydrogens is 300 g/mol. The number of benzene rings is 2. The van der Waals surface area contributed by atoms with E-state index >= 15 is 0 Å². The first-order valence-corrected chi connectivity index (χ1v) is 7.41. The smallest absolute Gasteiger partial charge is 0.325 e. The molecule has 0 aliphatic carbocycles. The predicted octanol–water partition coefficient (Wildman–Crippen LogP) is 3.00. The van der Waals surface area contributed by atoms with Crippen LogP contribution in [-0.2, 0) is 17.8 Å². The highest BCUT2D eigenvalue weighted by atomic mass is 35.5. The van der Waals surface area contributed by atoms with Crippen molar-refractivity contribution >= 4 is 23.5 Å². The van der Waals surface area contributed by atoms with E-state index in [1.807, 2.05) is 36.4 Å². The molecule has 1 N–H and O–H groups in total. The second kappa shape index (κ2) is 6.20. The highest BCUT2D eigenvalue weighted by Gasteiger charge is 2.37. The van der Waals surface area contributed by atoms with Crippen LogP contribution in [0.5, 0.6) is 0 Å². The van der Waals surface area contributed by atoms with Crippen LogP contribution in [0, 0.1) is 0 Å². The molecule has 22 heavy (non-hydrogen) atoms. The Labute approximate surface area is 133 Å². The van der Waals surface area contributed by atoms with Crippen LogP contribution in [0.25, 0.3) is 0 Å². The molecular formula is C17H15ClN2O2. The number of halogens is 1. The number of nitrogens with zero attached hydrogens (tertiary/aromatic N) is 1. The van der Waals surface area contributed by atoms with Crippen molar-refractivity contribution in [2.24, 2.45) is 0 Å². The van der Waals surface area contributed by atoms with Crippen LogP contribution in [0.4, 0.5) is 4.79 Å². The summed E-state index contributed by atoms with van der Waals surface area (Å²) in [4.78, 5) is 25.7. The van der Waals surface area contributed by atoms with E-state index in [-0.39, 0.29) is 18.5 Å². The number of nitrogens with one attached hydrogen (secondary N) is 1. The normalized spacial score (nSPS) is 17.7. The van der Waals surface area contributed by atoms with Crippen LogP contribution in [0.2, 0.25) is 5.02 Å². The maximum absolute atomic E-state index is 12.4. The number of urea groups is 1. The first kappa shape index (κ1) is 14.6. The Bertz CT molecular complexity index is 703. The molecule has 0 bridgehead atoms. The molecule has 5 heteroatoms. The molecule has 2 aromatic carbocycles. The number of hydrogen-bond donors (Lipinski definition) is 1. The molecule has 112 valence electrons. The van der Waals surface area contributed by atoms with Gasteiger partial charge in [-0.1, -0.05) is 54.1 Å². The summed E-state index contributed by atoms with van der Waals surface area (Å²) < 4.78 is 0. The standard InChI is InChI=1S/C17H15ClN2O2/c18-14-8-4-7-13(9-14)11-20-16(21)15(19-17(20)22)10-12-5-2-1-3-6-12/h1-9,15H,10-11H2,(H,19,22). The minimum absolute atomic E-state index is 0.200. The van der Waals surface area contributed by atoms with Crippen molar-refractivity contribution in [2.75, 3.05) is 0 Å². The van der Waals surface area contributed by atoms with Crippen LogP contribution in [0.1, 0.15) is 11.1 Å². The highest BCUT2D eigenvalue weighted by molar-refractivity contribution is 6.30. The van der Waals surface area contributed by atoms with Gasteiger partial charge in [0.15, 0.2) is 0 Å². The van der Waals surface area contributed by atoms with E-state index in [1.54, 1.807) is 18.2 Å². The fraction of sp³-hybridized carbons (Fsp3) is 0.176. The molecule has 0 spiro atoms. The van der Waals surface area contributed by atoms with Crippen LogP contribution >= 0.6 is 11.6 Å². The van der Waals surface area contributed by atoms with E-state index in [1.165, 1.54) is 4.90 Å². The molecule has 1 heterocycles. The van der Waals surface area contributed by atoms with Gasteiger partial charge in [0.05, 0.1) is 6.54 Å². The first-order chi connectivity index (χ1) is 10.6. The minimum atomic E-state index is -0.505. The van der Waals surface area contributed by atoms with Gasteiger partial charge in [-0.15, -0.1) is 0 Å². The minimum Gasteiger partial charge on any atom is -0.325 e. The Kier molecular flexibility index (Phi) is 4.11. The summed E-state index contributed by atoms with van der Waals surface area (Å²) in [6, 6.07) is 15.9. The van der Waals surface area contributed by atoms with Crippen molar-refractivity contribution in [1.82, 2.24) is 10.2 Å². The summed E-state index contributed by atoms with van der Waals surface area (Å²) in [5.74, 6) is -0.200. The zero-order valence-electron chi connectivity index (χ0n) is 11.8. The van der Waals surface area contributed by atoms with Gasteiger partial charge in [0.25, 0.3) is 5.91 Å². The van der Waals surface area contributed by atoms with Crippen molar-refractivity contribution < 1.29 is 9.59 Å². The van der Waals surface area contributed by atoms with E-state index in [0.717, 1.165) is 11.1 Å². The molecule has 1 aliphatic heterocycles. The van der Waals surface area contributed by atoms with Crippen molar-refractivity contribution in [3.8, 4) is 0 Å². The van der Waals surface area contributed by atoms with Gasteiger partial charge < -0.3 is 5.32 Å². The van der Waals surface area contributed by atoms with Gasteiger partial charge in [-0.05, 0) is 23.3 Å². The van der Waals surface area contributed by atoms with Crippen LogP contribution < -0.4 is 5.32 Å². The highest BCUT2D eigenvalue weighted by Crippen LogP contribution is 2.17. The Morgan fingerprint density at radius 1 is 1.00 bits per heavy atom. The van der Waals surface area contributed by atoms with Crippen LogP contribution in [0.3, 0.4) is 0 Å². The average Bonchev–Trinajstić information content (AvgIpc) is 2.76. The van der Waals surface area contributed by atoms with Crippen molar-refractivity contribution in [3.05, 3.63) is 70.7 Å². The van der Waals surface area contributed by atoms with Gasteiger partial charge in [-0.3, -0.25) is 9.69 Å². The molecule has 0 aromatic heterocycles. The lowest BCUT2D eigenvalue weighted by atomic mass is 10.1. The summed E-state index contributed by atoms with van der Waals surface area (Å²) in [6.07, 6.45) is 0.497. The first-order valence-electron chi connectivity index (χ1n) is 7.04. The van der Waals surface area contributed by atoms with Gasteiger partial charge in [-0.2, -0.15) is 0 Å². The summed E-state index contributed by atoms with van der Waals surface area (Å²) in [6.45, 7) is 0.233. The molecule has 1 unspecified atom stereocenters. The number of hydrogen-bond acceptors (Lipinski definition) is 2. The predicted molar refractivity (Wildman–Crippen MR) is 84.5 cm³/mol. The summed E-state index contributed by atoms with van der Waals surface area (Å²) in [7, 11) is 0. The van der Waals surface area contributed by atoms with E-state index in [9.17, 15) is 9.59 Å². The zero-order valence-corrected chi connectivity index (χ0v) is 12.6. The van der Waals surface area contributed by atoms with Crippen LogP contribution in [0.15, 0.2) is 54.6 Å². The lowest BCUT2D eigenvalue weighted by Crippen LogP contribution is -2.32. The molecule has 1 atom stereocenters. The maximum Gasteiger partial charge on any atom is 0.325 e. The van der Waals surface area contributed by atoms with E-state index < -0.39 is 6.04 Å². The van der Waals surface area contributed by atoms with Gasteiger partial charge >= 0.3 is 6.03 Å². The number of amides is 3. The van der Waals surface area contributed by atoms with Crippen molar-refractivity contribution in [3.63, 3.8) is 0 Å². The van der Waals surface area contributed by atoms with Crippen LogP contribution in [-0.4, -0.2) is 22.9 Å². The molecule has 2 aromatic rings. The third-order valence-corrected chi connectivity index (χ3v) is 3.85. The van der Waals surface area contributed by atoms with Gasteiger partial charge in [0.1, 0.15) is 6.04 Å². The quantitative estimate of drug-likeness (QED) is 0.882. The SMILES string of the molecule is O=C1NC(Cc2ccccc2)C(=O)N1Cc1cccc(Cl)c1. The van der Waals surface area contributed by atoms with Gasteiger partial charge in [0.2, 0.25) is 0 Å². The fourth-order valence-electron chi connectivity index (χ4n) is 2.53.